The van der Waals surface area contributed by atoms with Gasteiger partial charge in [-0.3, -0.25) is 4.98 Å². The van der Waals surface area contributed by atoms with Crippen LogP contribution in [0.15, 0.2) is 6.07 Å². The van der Waals surface area contributed by atoms with E-state index in [2.05, 4.69) is 16.4 Å². The number of hydrogen-bond donors (Lipinski definition) is 2. The van der Waals surface area contributed by atoms with E-state index in [1.165, 1.54) is 0 Å². The topological polar surface area (TPSA) is 68.9 Å². The maximum Gasteiger partial charge on any atom is 0.103 e. The van der Waals surface area contributed by atoms with Gasteiger partial charge < -0.3 is 10.4 Å². The van der Waals surface area contributed by atoms with Crippen LogP contribution in [0.1, 0.15) is 44.6 Å². The number of nitrogens with one attached hydrogen (secondary N) is 1. The van der Waals surface area contributed by atoms with Crippen LogP contribution < -0.4 is 5.32 Å². The monoisotopic (exact) mass is 247 g/mol. The number of aryl methyl sites for hydroxylation is 2. The lowest BCUT2D eigenvalue weighted by atomic mass is 9.85. The second-order valence-electron chi connectivity index (χ2n) is 5.69. The molecule has 0 aliphatic rings. The molecular formula is C14H21N3O. The van der Waals surface area contributed by atoms with Crippen LogP contribution in [0.5, 0.6) is 0 Å². The Morgan fingerprint density at radius 1 is 1.28 bits per heavy atom. The SMILES string of the molecule is Cc1cc(NC(C)(C)C(C)(C)O)c(C#N)c(C)n1. The summed E-state index contributed by atoms with van der Waals surface area (Å²) >= 11 is 0. The van der Waals surface area contributed by atoms with Gasteiger partial charge >= 0.3 is 0 Å². The normalized spacial score (nSPS) is 12.1. The number of anilines is 1. The van der Waals surface area contributed by atoms with Crippen LogP contribution in [-0.4, -0.2) is 21.2 Å². The molecule has 0 unspecified atom stereocenters. The largest absolute Gasteiger partial charge is 0.388 e. The maximum absolute atomic E-state index is 10.1. The highest BCUT2D eigenvalue weighted by molar-refractivity contribution is 5.61. The van der Waals surface area contributed by atoms with Crippen LogP contribution in [0, 0.1) is 25.2 Å². The van der Waals surface area contributed by atoms with Gasteiger partial charge in [0.05, 0.1) is 28.1 Å². The third-order valence-corrected chi connectivity index (χ3v) is 3.42. The van der Waals surface area contributed by atoms with E-state index < -0.39 is 11.1 Å². The summed E-state index contributed by atoms with van der Waals surface area (Å²) in [5.74, 6) is 0. The standard InChI is InChI=1S/C14H21N3O/c1-9-7-12(11(8-15)10(2)16-9)17-13(3,4)14(5,6)18/h7,18H,1-6H3,(H,16,17). The average Bonchev–Trinajstić information content (AvgIpc) is 2.14. The number of pyridine rings is 1. The Morgan fingerprint density at radius 2 is 1.83 bits per heavy atom. The summed E-state index contributed by atoms with van der Waals surface area (Å²) < 4.78 is 0. The molecule has 1 rings (SSSR count). The van der Waals surface area contributed by atoms with Crippen molar-refractivity contribution in [2.45, 2.75) is 52.7 Å². The zero-order valence-electron chi connectivity index (χ0n) is 11.9. The number of hydrogen-bond acceptors (Lipinski definition) is 4. The summed E-state index contributed by atoms with van der Waals surface area (Å²) in [5.41, 5.74) is 1.32. The lowest BCUT2D eigenvalue weighted by Gasteiger charge is -2.39. The molecule has 2 N–H and O–H groups in total. The van der Waals surface area contributed by atoms with Crippen molar-refractivity contribution in [3.63, 3.8) is 0 Å². The number of aliphatic hydroxyl groups is 1. The lowest BCUT2D eigenvalue weighted by Crippen LogP contribution is -2.51. The van der Waals surface area contributed by atoms with Crippen LogP contribution >= 0.6 is 0 Å². The molecule has 18 heavy (non-hydrogen) atoms. The van der Waals surface area contributed by atoms with Crippen molar-refractivity contribution in [3.05, 3.63) is 23.0 Å². The minimum atomic E-state index is -0.912. The smallest absolute Gasteiger partial charge is 0.103 e. The molecule has 4 heteroatoms. The third kappa shape index (κ3) is 2.80. The molecule has 0 aromatic carbocycles. The quantitative estimate of drug-likeness (QED) is 0.861. The average molecular weight is 247 g/mol. The second-order valence-corrected chi connectivity index (χ2v) is 5.69. The van der Waals surface area contributed by atoms with Gasteiger partial charge in [-0.1, -0.05) is 0 Å². The van der Waals surface area contributed by atoms with Crippen LogP contribution in [0.3, 0.4) is 0 Å². The van der Waals surface area contributed by atoms with E-state index in [4.69, 9.17) is 0 Å². The third-order valence-electron chi connectivity index (χ3n) is 3.42. The minimum absolute atomic E-state index is 0.526. The van der Waals surface area contributed by atoms with E-state index in [-0.39, 0.29) is 0 Å². The molecule has 1 aromatic rings. The van der Waals surface area contributed by atoms with Crippen molar-refractivity contribution in [1.82, 2.24) is 4.98 Å². The van der Waals surface area contributed by atoms with E-state index in [1.807, 2.05) is 33.8 Å². The van der Waals surface area contributed by atoms with Gasteiger partial charge in [-0.25, -0.2) is 0 Å². The molecule has 0 saturated carbocycles. The fraction of sp³-hybridized carbons (Fsp3) is 0.571. The molecule has 0 amide bonds. The summed E-state index contributed by atoms with van der Waals surface area (Å²) in [4.78, 5) is 4.27. The van der Waals surface area contributed by atoms with Crippen molar-refractivity contribution in [3.8, 4) is 6.07 Å². The summed E-state index contributed by atoms with van der Waals surface area (Å²) in [6.45, 7) is 11.0. The van der Waals surface area contributed by atoms with Crippen molar-refractivity contribution in [2.24, 2.45) is 0 Å². The van der Waals surface area contributed by atoms with Crippen LogP contribution in [0.2, 0.25) is 0 Å². The number of nitriles is 1. The Labute approximate surface area is 109 Å². The fourth-order valence-corrected chi connectivity index (χ4v) is 1.56. The van der Waals surface area contributed by atoms with Gasteiger partial charge in [0.15, 0.2) is 0 Å². The molecule has 0 atom stereocenters. The predicted molar refractivity (Wildman–Crippen MR) is 72.4 cm³/mol. The van der Waals surface area contributed by atoms with E-state index in [9.17, 15) is 10.4 Å². The zero-order valence-corrected chi connectivity index (χ0v) is 11.9. The van der Waals surface area contributed by atoms with Gasteiger partial charge in [-0.15, -0.1) is 0 Å². The molecule has 1 aromatic heterocycles. The van der Waals surface area contributed by atoms with Crippen molar-refractivity contribution in [2.75, 3.05) is 5.32 Å². The Hall–Kier alpha value is -1.60. The zero-order chi connectivity index (χ0) is 14.1. The van der Waals surface area contributed by atoms with Gasteiger partial charge in [-0.05, 0) is 47.6 Å². The van der Waals surface area contributed by atoms with Gasteiger partial charge in [0.2, 0.25) is 0 Å². The molecule has 0 aliphatic heterocycles. The molecule has 0 fully saturated rings. The first kappa shape index (κ1) is 14.5. The highest BCUT2D eigenvalue weighted by Crippen LogP contribution is 2.28. The van der Waals surface area contributed by atoms with Crippen molar-refractivity contribution < 1.29 is 5.11 Å². The first-order valence-corrected chi connectivity index (χ1v) is 5.97. The molecular weight excluding hydrogens is 226 g/mol. The Balaban J connectivity index is 3.24. The second kappa shape index (κ2) is 4.58. The van der Waals surface area contributed by atoms with Crippen LogP contribution in [-0.2, 0) is 0 Å². The molecule has 0 spiro atoms. The van der Waals surface area contributed by atoms with Gasteiger partial charge in [0, 0.05) is 5.69 Å². The first-order chi connectivity index (χ1) is 8.08. The van der Waals surface area contributed by atoms with Crippen LogP contribution in [0.25, 0.3) is 0 Å². The number of aromatic nitrogens is 1. The van der Waals surface area contributed by atoms with Crippen LogP contribution in [0.4, 0.5) is 5.69 Å². The fourth-order valence-electron chi connectivity index (χ4n) is 1.56. The Kier molecular flexibility index (Phi) is 3.68. The molecule has 4 nitrogen and oxygen atoms in total. The highest BCUT2D eigenvalue weighted by atomic mass is 16.3. The highest BCUT2D eigenvalue weighted by Gasteiger charge is 2.35. The van der Waals surface area contributed by atoms with Gasteiger partial charge in [-0.2, -0.15) is 5.26 Å². The maximum atomic E-state index is 10.1. The first-order valence-electron chi connectivity index (χ1n) is 5.97. The summed E-state index contributed by atoms with van der Waals surface area (Å²) in [6, 6.07) is 3.99. The molecule has 1 heterocycles. The lowest BCUT2D eigenvalue weighted by molar-refractivity contribution is 0.0240. The molecule has 98 valence electrons. The number of rotatable bonds is 3. The predicted octanol–water partition coefficient (Wildman–Crippen LogP) is 2.53. The van der Waals surface area contributed by atoms with E-state index in [0.29, 0.717) is 11.3 Å². The summed E-state index contributed by atoms with van der Waals surface area (Å²) in [7, 11) is 0. The molecule has 0 saturated heterocycles. The van der Waals surface area contributed by atoms with E-state index >= 15 is 0 Å². The summed E-state index contributed by atoms with van der Waals surface area (Å²) in [6.07, 6.45) is 0. The van der Waals surface area contributed by atoms with Crippen molar-refractivity contribution >= 4 is 5.69 Å². The molecule has 0 radical (unpaired) electrons. The summed E-state index contributed by atoms with van der Waals surface area (Å²) in [5, 5.41) is 22.6. The van der Waals surface area contributed by atoms with Crippen molar-refractivity contribution in [1.29, 1.82) is 5.26 Å². The Morgan fingerprint density at radius 3 is 2.28 bits per heavy atom. The van der Waals surface area contributed by atoms with E-state index in [0.717, 1.165) is 11.4 Å². The van der Waals surface area contributed by atoms with E-state index in [1.54, 1.807) is 13.8 Å². The number of nitrogens with zero attached hydrogens (tertiary/aromatic N) is 2. The minimum Gasteiger partial charge on any atom is -0.388 e. The van der Waals surface area contributed by atoms with Gasteiger partial charge in [0.25, 0.3) is 0 Å². The molecule has 0 aliphatic carbocycles. The molecule has 0 bridgehead atoms. The van der Waals surface area contributed by atoms with Gasteiger partial charge in [0.1, 0.15) is 6.07 Å². The Bertz CT molecular complexity index is 493.